The van der Waals surface area contributed by atoms with Crippen LogP contribution in [0.15, 0.2) is 47.5 Å². The number of aryl methyl sites for hydroxylation is 1. The topological polar surface area (TPSA) is 78.8 Å². The van der Waals surface area contributed by atoms with Gasteiger partial charge in [0.1, 0.15) is 5.71 Å². The van der Waals surface area contributed by atoms with Crippen LogP contribution in [0.4, 0.5) is 11.4 Å². The second kappa shape index (κ2) is 4.86. The van der Waals surface area contributed by atoms with E-state index in [9.17, 15) is 9.59 Å². The standard InChI is InChI=1S/C16H12N2O3/c1-9-3-2-4-12-13(9)18-15(19)14(12)17-11-7-5-10(6-8-11)16(20)21/h2-8H,1H3,(H,20,21)(H,17,18,19). The van der Waals surface area contributed by atoms with Crippen molar-refractivity contribution in [3.63, 3.8) is 0 Å². The van der Waals surface area contributed by atoms with Gasteiger partial charge in [0.15, 0.2) is 0 Å². The average Bonchev–Trinajstić information content (AvgIpc) is 2.78. The fourth-order valence-corrected chi connectivity index (χ4v) is 2.24. The zero-order valence-electron chi connectivity index (χ0n) is 11.3. The molecule has 104 valence electrons. The van der Waals surface area contributed by atoms with Gasteiger partial charge in [-0.05, 0) is 36.8 Å². The van der Waals surface area contributed by atoms with Crippen LogP contribution in [-0.2, 0) is 4.79 Å². The summed E-state index contributed by atoms with van der Waals surface area (Å²) >= 11 is 0. The fraction of sp³-hybridized carbons (Fsp3) is 0.0625. The van der Waals surface area contributed by atoms with Gasteiger partial charge in [-0.2, -0.15) is 0 Å². The summed E-state index contributed by atoms with van der Waals surface area (Å²) in [6.45, 7) is 1.92. The number of aliphatic imine (C=N–C) groups is 1. The van der Waals surface area contributed by atoms with Crippen LogP contribution in [0.25, 0.3) is 0 Å². The third kappa shape index (κ3) is 2.29. The third-order valence-corrected chi connectivity index (χ3v) is 3.34. The predicted molar refractivity (Wildman–Crippen MR) is 79.4 cm³/mol. The minimum atomic E-state index is -0.992. The van der Waals surface area contributed by atoms with Gasteiger partial charge in [-0.25, -0.2) is 9.79 Å². The summed E-state index contributed by atoms with van der Waals surface area (Å²) in [4.78, 5) is 27.2. The Morgan fingerprint density at radius 2 is 1.86 bits per heavy atom. The van der Waals surface area contributed by atoms with Gasteiger partial charge in [-0.3, -0.25) is 4.79 Å². The van der Waals surface area contributed by atoms with Crippen LogP contribution in [0.2, 0.25) is 0 Å². The molecule has 2 aromatic rings. The molecule has 0 saturated heterocycles. The lowest BCUT2D eigenvalue weighted by Gasteiger charge is -2.01. The molecule has 5 nitrogen and oxygen atoms in total. The Hall–Kier alpha value is -2.95. The number of benzene rings is 2. The van der Waals surface area contributed by atoms with Crippen LogP contribution in [-0.4, -0.2) is 22.7 Å². The van der Waals surface area contributed by atoms with Crippen molar-refractivity contribution >= 4 is 29.0 Å². The molecule has 2 N–H and O–H groups in total. The van der Waals surface area contributed by atoms with E-state index in [1.165, 1.54) is 12.1 Å². The second-order valence-electron chi connectivity index (χ2n) is 4.76. The Labute approximate surface area is 121 Å². The number of nitrogens with one attached hydrogen (secondary N) is 1. The van der Waals surface area contributed by atoms with Crippen molar-refractivity contribution in [1.29, 1.82) is 0 Å². The average molecular weight is 280 g/mol. The Kier molecular flexibility index (Phi) is 3.02. The Morgan fingerprint density at radius 1 is 1.14 bits per heavy atom. The Bertz CT molecular complexity index is 777. The van der Waals surface area contributed by atoms with E-state index in [-0.39, 0.29) is 11.5 Å². The van der Waals surface area contributed by atoms with Crippen molar-refractivity contribution in [3.05, 3.63) is 59.2 Å². The zero-order valence-corrected chi connectivity index (χ0v) is 11.3. The van der Waals surface area contributed by atoms with Crippen LogP contribution in [0.5, 0.6) is 0 Å². The number of carbonyl (C=O) groups is 2. The van der Waals surface area contributed by atoms with Gasteiger partial charge in [0, 0.05) is 5.56 Å². The molecule has 0 unspecified atom stereocenters. The van der Waals surface area contributed by atoms with Crippen molar-refractivity contribution in [1.82, 2.24) is 0 Å². The first-order chi connectivity index (χ1) is 10.1. The molecular weight excluding hydrogens is 268 g/mol. The second-order valence-corrected chi connectivity index (χ2v) is 4.76. The number of nitrogens with zero attached hydrogens (tertiary/aromatic N) is 1. The summed E-state index contributed by atoms with van der Waals surface area (Å²) in [5.41, 5.74) is 3.60. The van der Waals surface area contributed by atoms with Crippen molar-refractivity contribution in [2.24, 2.45) is 4.99 Å². The quantitative estimate of drug-likeness (QED) is 0.887. The van der Waals surface area contributed by atoms with Gasteiger partial charge in [-0.1, -0.05) is 18.2 Å². The predicted octanol–water partition coefficient (Wildman–Crippen LogP) is 2.77. The molecular formula is C16H12N2O3. The molecule has 0 spiro atoms. The molecule has 0 bridgehead atoms. The van der Waals surface area contributed by atoms with E-state index in [0.717, 1.165) is 16.8 Å². The highest BCUT2D eigenvalue weighted by atomic mass is 16.4. The lowest BCUT2D eigenvalue weighted by molar-refractivity contribution is -0.110. The number of amides is 1. The summed E-state index contributed by atoms with van der Waals surface area (Å²) in [5, 5.41) is 11.7. The van der Waals surface area contributed by atoms with E-state index in [2.05, 4.69) is 10.3 Å². The zero-order chi connectivity index (χ0) is 15.0. The molecule has 21 heavy (non-hydrogen) atoms. The number of carboxylic acids is 1. The number of carboxylic acid groups (broad SMARTS) is 1. The summed E-state index contributed by atoms with van der Waals surface area (Å²) in [5.74, 6) is -1.24. The first kappa shape index (κ1) is 13.1. The first-order valence-electron chi connectivity index (χ1n) is 6.39. The monoisotopic (exact) mass is 280 g/mol. The van der Waals surface area contributed by atoms with E-state index in [1.54, 1.807) is 12.1 Å². The third-order valence-electron chi connectivity index (χ3n) is 3.34. The Morgan fingerprint density at radius 3 is 2.52 bits per heavy atom. The number of fused-ring (bicyclic) bond motifs is 1. The number of para-hydroxylation sites is 1. The summed E-state index contributed by atoms with van der Waals surface area (Å²) in [6.07, 6.45) is 0. The van der Waals surface area contributed by atoms with Gasteiger partial charge in [-0.15, -0.1) is 0 Å². The number of aromatic carboxylic acids is 1. The smallest absolute Gasteiger partial charge is 0.335 e. The molecule has 0 aliphatic carbocycles. The molecule has 0 radical (unpaired) electrons. The van der Waals surface area contributed by atoms with Crippen molar-refractivity contribution < 1.29 is 14.7 Å². The maximum Gasteiger partial charge on any atom is 0.335 e. The minimum absolute atomic E-state index is 0.186. The van der Waals surface area contributed by atoms with Gasteiger partial charge in [0.2, 0.25) is 0 Å². The normalized spacial score (nSPS) is 14.9. The molecule has 0 aromatic heterocycles. The largest absolute Gasteiger partial charge is 0.478 e. The van der Waals surface area contributed by atoms with Gasteiger partial charge in [0.25, 0.3) is 5.91 Å². The summed E-state index contributed by atoms with van der Waals surface area (Å²) in [6, 6.07) is 11.7. The van der Waals surface area contributed by atoms with E-state index in [4.69, 9.17) is 5.11 Å². The molecule has 1 amide bonds. The SMILES string of the molecule is Cc1cccc2c1NC(=O)C2=Nc1ccc(C(=O)O)cc1. The molecule has 1 heterocycles. The highest BCUT2D eigenvalue weighted by molar-refractivity contribution is 6.54. The van der Waals surface area contributed by atoms with E-state index < -0.39 is 5.97 Å². The van der Waals surface area contributed by atoms with Gasteiger partial charge < -0.3 is 10.4 Å². The minimum Gasteiger partial charge on any atom is -0.478 e. The number of anilines is 1. The number of carbonyl (C=O) groups excluding carboxylic acids is 1. The fourth-order valence-electron chi connectivity index (χ4n) is 2.24. The Balaban J connectivity index is 2.03. The lowest BCUT2D eigenvalue weighted by atomic mass is 10.1. The highest BCUT2D eigenvalue weighted by Gasteiger charge is 2.26. The van der Waals surface area contributed by atoms with Crippen LogP contribution >= 0.6 is 0 Å². The van der Waals surface area contributed by atoms with E-state index in [0.29, 0.717) is 11.4 Å². The molecule has 1 aliphatic rings. The summed E-state index contributed by atoms with van der Waals surface area (Å²) < 4.78 is 0. The lowest BCUT2D eigenvalue weighted by Crippen LogP contribution is -2.14. The number of hydrogen-bond donors (Lipinski definition) is 2. The van der Waals surface area contributed by atoms with Crippen LogP contribution < -0.4 is 5.32 Å². The van der Waals surface area contributed by atoms with E-state index in [1.807, 2.05) is 25.1 Å². The van der Waals surface area contributed by atoms with E-state index >= 15 is 0 Å². The highest BCUT2D eigenvalue weighted by Crippen LogP contribution is 2.28. The van der Waals surface area contributed by atoms with Gasteiger partial charge >= 0.3 is 5.97 Å². The molecule has 0 fully saturated rings. The maximum absolute atomic E-state index is 12.0. The molecule has 1 aliphatic heterocycles. The summed E-state index contributed by atoms with van der Waals surface area (Å²) in [7, 11) is 0. The number of hydrogen-bond acceptors (Lipinski definition) is 3. The molecule has 2 aromatic carbocycles. The van der Waals surface area contributed by atoms with Gasteiger partial charge in [0.05, 0.1) is 16.9 Å². The molecule has 0 saturated carbocycles. The molecule has 0 atom stereocenters. The van der Waals surface area contributed by atoms with Crippen molar-refractivity contribution in [2.75, 3.05) is 5.32 Å². The van der Waals surface area contributed by atoms with Crippen LogP contribution in [0, 0.1) is 6.92 Å². The van der Waals surface area contributed by atoms with Crippen LogP contribution in [0.3, 0.4) is 0 Å². The molecule has 5 heteroatoms. The molecule has 3 rings (SSSR count). The first-order valence-corrected chi connectivity index (χ1v) is 6.39. The maximum atomic E-state index is 12.0. The van der Waals surface area contributed by atoms with Crippen LogP contribution in [0.1, 0.15) is 21.5 Å². The number of rotatable bonds is 2. The van der Waals surface area contributed by atoms with Crippen molar-refractivity contribution in [2.45, 2.75) is 6.92 Å². The van der Waals surface area contributed by atoms with Crippen molar-refractivity contribution in [3.8, 4) is 0 Å².